The molecule has 1 aromatic heterocycles. The van der Waals surface area contributed by atoms with Crippen LogP contribution in [0.2, 0.25) is 0 Å². The molecule has 0 fully saturated rings. The van der Waals surface area contributed by atoms with Crippen molar-refractivity contribution in [1.29, 1.82) is 0 Å². The average Bonchev–Trinajstić information content (AvgIpc) is 2.27. The lowest BCUT2D eigenvalue weighted by molar-refractivity contribution is -0.384. The summed E-state index contributed by atoms with van der Waals surface area (Å²) in [5, 5.41) is 19.8. The number of pyridine rings is 1. The molecule has 0 saturated heterocycles. The van der Waals surface area contributed by atoms with Crippen molar-refractivity contribution in [3.63, 3.8) is 0 Å². The fraction of sp³-hybridized carbons (Fsp3) is 0. The highest BCUT2D eigenvalue weighted by molar-refractivity contribution is 5.90. The van der Waals surface area contributed by atoms with Crippen LogP contribution in [-0.4, -0.2) is 21.0 Å². The number of rotatable bonds is 2. The number of aromatic carboxylic acids is 1. The molecule has 0 radical (unpaired) electrons. The van der Waals surface area contributed by atoms with E-state index in [4.69, 9.17) is 5.11 Å². The molecule has 0 amide bonds. The number of carboxylic acids is 1. The third-order valence-electron chi connectivity index (χ3n) is 2.10. The Bertz CT molecular complexity index is 541. The lowest BCUT2D eigenvalue weighted by Crippen LogP contribution is -1.99. The van der Waals surface area contributed by atoms with Crippen molar-refractivity contribution in [2.75, 3.05) is 0 Å². The molecule has 0 unspecified atom stereocenters. The van der Waals surface area contributed by atoms with Gasteiger partial charge in [0.25, 0.3) is 5.69 Å². The molecule has 1 aromatic carbocycles. The highest BCUT2D eigenvalue weighted by atomic mass is 16.6. The van der Waals surface area contributed by atoms with Crippen LogP contribution in [0, 0.1) is 10.1 Å². The lowest BCUT2D eigenvalue weighted by Gasteiger charge is -1.98. The van der Waals surface area contributed by atoms with Gasteiger partial charge in [-0.25, -0.2) is 9.78 Å². The fourth-order valence-corrected chi connectivity index (χ4v) is 1.35. The van der Waals surface area contributed by atoms with E-state index in [0.29, 0.717) is 10.9 Å². The van der Waals surface area contributed by atoms with Gasteiger partial charge in [-0.1, -0.05) is 6.07 Å². The minimum Gasteiger partial charge on any atom is -0.477 e. The maximum atomic E-state index is 10.6. The van der Waals surface area contributed by atoms with Crippen LogP contribution in [0.5, 0.6) is 0 Å². The van der Waals surface area contributed by atoms with Crippen molar-refractivity contribution in [1.82, 2.24) is 4.98 Å². The minimum atomic E-state index is -1.12. The highest BCUT2D eigenvalue weighted by Gasteiger charge is 2.09. The number of nitro benzene ring substituents is 1. The molecule has 2 rings (SSSR count). The number of aromatic nitrogens is 1. The SMILES string of the molecule is O=C(O)c1ccc2cc([N+](=O)[O-])ccc2n1. The predicted molar refractivity (Wildman–Crippen MR) is 55.4 cm³/mol. The summed E-state index contributed by atoms with van der Waals surface area (Å²) < 4.78 is 0. The van der Waals surface area contributed by atoms with Crippen LogP contribution in [0.3, 0.4) is 0 Å². The molecule has 0 aliphatic rings. The topological polar surface area (TPSA) is 93.3 Å². The summed E-state index contributed by atoms with van der Waals surface area (Å²) >= 11 is 0. The molecule has 0 saturated carbocycles. The van der Waals surface area contributed by atoms with E-state index in [9.17, 15) is 14.9 Å². The van der Waals surface area contributed by atoms with Gasteiger partial charge >= 0.3 is 5.97 Å². The first kappa shape index (κ1) is 10.0. The van der Waals surface area contributed by atoms with Crippen LogP contribution in [0.25, 0.3) is 10.9 Å². The van der Waals surface area contributed by atoms with Gasteiger partial charge in [-0.15, -0.1) is 0 Å². The first-order chi connectivity index (χ1) is 7.58. The molecule has 2 aromatic rings. The number of nitro groups is 1. The zero-order valence-electron chi connectivity index (χ0n) is 7.95. The number of nitrogens with zero attached hydrogens (tertiary/aromatic N) is 2. The third kappa shape index (κ3) is 1.68. The minimum absolute atomic E-state index is 0.0441. The number of hydrogen-bond donors (Lipinski definition) is 1. The summed E-state index contributed by atoms with van der Waals surface area (Å²) in [6.45, 7) is 0. The lowest BCUT2D eigenvalue weighted by atomic mass is 10.2. The van der Waals surface area contributed by atoms with Crippen molar-refractivity contribution in [3.8, 4) is 0 Å². The van der Waals surface area contributed by atoms with E-state index in [-0.39, 0.29) is 11.4 Å². The van der Waals surface area contributed by atoms with Gasteiger partial charge in [-0.3, -0.25) is 10.1 Å². The number of carboxylic acid groups (broad SMARTS) is 1. The predicted octanol–water partition coefficient (Wildman–Crippen LogP) is 1.84. The molecule has 0 atom stereocenters. The maximum Gasteiger partial charge on any atom is 0.354 e. The average molecular weight is 218 g/mol. The van der Waals surface area contributed by atoms with Crippen LogP contribution >= 0.6 is 0 Å². The molecule has 80 valence electrons. The van der Waals surface area contributed by atoms with Crippen molar-refractivity contribution in [2.45, 2.75) is 0 Å². The molecule has 16 heavy (non-hydrogen) atoms. The van der Waals surface area contributed by atoms with Crippen LogP contribution in [0.1, 0.15) is 10.5 Å². The van der Waals surface area contributed by atoms with Crippen molar-refractivity contribution in [2.24, 2.45) is 0 Å². The molecule has 0 spiro atoms. The van der Waals surface area contributed by atoms with Gasteiger partial charge in [0.1, 0.15) is 5.69 Å². The Morgan fingerprint density at radius 1 is 1.31 bits per heavy atom. The number of non-ortho nitro benzene ring substituents is 1. The van der Waals surface area contributed by atoms with Crippen molar-refractivity contribution < 1.29 is 14.8 Å². The Hall–Kier alpha value is -2.50. The number of benzene rings is 1. The Labute approximate surface area is 89.3 Å². The molecular weight excluding hydrogens is 212 g/mol. The molecule has 0 bridgehead atoms. The molecule has 0 aliphatic heterocycles. The molecular formula is C10H6N2O4. The van der Waals surface area contributed by atoms with Gasteiger partial charge < -0.3 is 5.11 Å². The van der Waals surface area contributed by atoms with E-state index in [0.717, 1.165) is 0 Å². The molecule has 6 nitrogen and oxygen atoms in total. The Balaban J connectivity index is 2.61. The highest BCUT2D eigenvalue weighted by Crippen LogP contribution is 2.19. The van der Waals surface area contributed by atoms with E-state index in [1.165, 1.54) is 30.3 Å². The van der Waals surface area contributed by atoms with Gasteiger partial charge in [0.2, 0.25) is 0 Å². The summed E-state index contributed by atoms with van der Waals surface area (Å²) in [4.78, 5) is 24.5. The normalized spacial score (nSPS) is 10.2. The van der Waals surface area contributed by atoms with Gasteiger partial charge in [-0.2, -0.15) is 0 Å². The largest absolute Gasteiger partial charge is 0.477 e. The van der Waals surface area contributed by atoms with Crippen molar-refractivity contribution >= 4 is 22.6 Å². The Morgan fingerprint density at radius 2 is 2.06 bits per heavy atom. The van der Waals surface area contributed by atoms with Crippen LogP contribution in [-0.2, 0) is 0 Å². The second-order valence-corrected chi connectivity index (χ2v) is 3.14. The summed E-state index contributed by atoms with van der Waals surface area (Å²) in [6.07, 6.45) is 0. The number of carbonyl (C=O) groups is 1. The van der Waals surface area contributed by atoms with E-state index in [1.54, 1.807) is 0 Å². The first-order valence-corrected chi connectivity index (χ1v) is 4.36. The van der Waals surface area contributed by atoms with Crippen LogP contribution in [0.4, 0.5) is 5.69 Å². The molecule has 6 heteroatoms. The molecule has 1 heterocycles. The number of hydrogen-bond acceptors (Lipinski definition) is 4. The van der Waals surface area contributed by atoms with E-state index in [1.807, 2.05) is 0 Å². The zero-order valence-corrected chi connectivity index (χ0v) is 7.95. The standard InChI is InChI=1S/C10H6N2O4/c13-10(14)9-3-1-6-5-7(12(15)16)2-4-8(6)11-9/h1-5H,(H,13,14). The monoisotopic (exact) mass is 218 g/mol. The van der Waals surface area contributed by atoms with Crippen LogP contribution in [0.15, 0.2) is 30.3 Å². The molecule has 1 N–H and O–H groups in total. The summed E-state index contributed by atoms with van der Waals surface area (Å²) in [7, 11) is 0. The second-order valence-electron chi connectivity index (χ2n) is 3.14. The summed E-state index contributed by atoms with van der Waals surface area (Å²) in [5.41, 5.74) is 0.296. The van der Waals surface area contributed by atoms with Crippen LogP contribution < -0.4 is 0 Å². The maximum absolute atomic E-state index is 10.6. The summed E-state index contributed by atoms with van der Waals surface area (Å²) in [5.74, 6) is -1.12. The van der Waals surface area contributed by atoms with Gasteiger partial charge in [0, 0.05) is 17.5 Å². The Kier molecular flexibility index (Phi) is 2.24. The second kappa shape index (κ2) is 3.58. The summed E-state index contributed by atoms with van der Waals surface area (Å²) in [6, 6.07) is 6.89. The van der Waals surface area contributed by atoms with Gasteiger partial charge in [0.15, 0.2) is 0 Å². The molecule has 0 aliphatic carbocycles. The van der Waals surface area contributed by atoms with E-state index < -0.39 is 10.9 Å². The Morgan fingerprint density at radius 3 is 2.69 bits per heavy atom. The fourth-order valence-electron chi connectivity index (χ4n) is 1.35. The van der Waals surface area contributed by atoms with Gasteiger partial charge in [0.05, 0.1) is 10.4 Å². The smallest absolute Gasteiger partial charge is 0.354 e. The zero-order chi connectivity index (χ0) is 11.7. The van der Waals surface area contributed by atoms with E-state index >= 15 is 0 Å². The number of fused-ring (bicyclic) bond motifs is 1. The van der Waals surface area contributed by atoms with Crippen molar-refractivity contribution in [3.05, 3.63) is 46.1 Å². The third-order valence-corrected chi connectivity index (χ3v) is 2.10. The first-order valence-electron chi connectivity index (χ1n) is 4.36. The van der Waals surface area contributed by atoms with E-state index in [2.05, 4.69) is 4.98 Å². The quantitative estimate of drug-likeness (QED) is 0.613. The van der Waals surface area contributed by atoms with Gasteiger partial charge in [-0.05, 0) is 12.1 Å².